The van der Waals surface area contributed by atoms with E-state index in [-0.39, 0.29) is 6.04 Å². The fourth-order valence-corrected chi connectivity index (χ4v) is 1.79. The number of ether oxygens (including phenoxy) is 2. The van der Waals surface area contributed by atoms with Crippen molar-refractivity contribution in [2.45, 2.75) is 39.7 Å². The molecule has 0 aliphatic rings. The van der Waals surface area contributed by atoms with Crippen molar-refractivity contribution in [1.82, 2.24) is 0 Å². The van der Waals surface area contributed by atoms with Gasteiger partial charge in [-0.2, -0.15) is 0 Å². The fraction of sp³-hybridized carbons (Fsp3) is 0.600. The van der Waals surface area contributed by atoms with Crippen molar-refractivity contribution in [3.63, 3.8) is 0 Å². The first-order valence-corrected chi connectivity index (χ1v) is 6.73. The summed E-state index contributed by atoms with van der Waals surface area (Å²) >= 11 is 0. The SMILES string of the molecule is CCOCCOc1ccc(C)cc1CC(N)CC. The van der Waals surface area contributed by atoms with Gasteiger partial charge >= 0.3 is 0 Å². The number of benzene rings is 1. The summed E-state index contributed by atoms with van der Waals surface area (Å²) in [5.41, 5.74) is 8.46. The minimum absolute atomic E-state index is 0.195. The topological polar surface area (TPSA) is 44.5 Å². The zero-order valence-electron chi connectivity index (χ0n) is 11.7. The summed E-state index contributed by atoms with van der Waals surface area (Å²) in [5.74, 6) is 0.934. The molecule has 1 unspecified atom stereocenters. The van der Waals surface area contributed by atoms with Crippen LogP contribution >= 0.6 is 0 Å². The van der Waals surface area contributed by atoms with E-state index >= 15 is 0 Å². The van der Waals surface area contributed by atoms with E-state index in [1.807, 2.05) is 13.0 Å². The van der Waals surface area contributed by atoms with Gasteiger partial charge in [0.05, 0.1) is 6.61 Å². The second-order valence-corrected chi connectivity index (χ2v) is 4.53. The molecule has 0 saturated carbocycles. The monoisotopic (exact) mass is 251 g/mol. The zero-order valence-corrected chi connectivity index (χ0v) is 11.7. The van der Waals surface area contributed by atoms with Crippen LogP contribution < -0.4 is 10.5 Å². The van der Waals surface area contributed by atoms with Crippen LogP contribution in [0.1, 0.15) is 31.4 Å². The Morgan fingerprint density at radius 3 is 2.67 bits per heavy atom. The Labute approximate surface area is 110 Å². The molecule has 1 atom stereocenters. The van der Waals surface area contributed by atoms with Crippen LogP contribution in [0.25, 0.3) is 0 Å². The van der Waals surface area contributed by atoms with Gasteiger partial charge in [-0.05, 0) is 38.3 Å². The molecule has 18 heavy (non-hydrogen) atoms. The van der Waals surface area contributed by atoms with Crippen LogP contribution in [0.3, 0.4) is 0 Å². The third-order valence-corrected chi connectivity index (χ3v) is 2.91. The third kappa shape index (κ3) is 5.07. The molecule has 1 aromatic carbocycles. The van der Waals surface area contributed by atoms with Gasteiger partial charge in [-0.25, -0.2) is 0 Å². The zero-order chi connectivity index (χ0) is 13.4. The van der Waals surface area contributed by atoms with E-state index in [1.165, 1.54) is 11.1 Å². The first-order valence-electron chi connectivity index (χ1n) is 6.73. The average molecular weight is 251 g/mol. The Hall–Kier alpha value is -1.06. The molecule has 0 aliphatic heterocycles. The lowest BCUT2D eigenvalue weighted by molar-refractivity contribution is 0.110. The van der Waals surface area contributed by atoms with Crippen LogP contribution in [0.15, 0.2) is 18.2 Å². The quantitative estimate of drug-likeness (QED) is 0.722. The standard InChI is InChI=1S/C15H25NO2/c1-4-14(16)11-13-10-12(3)6-7-15(13)18-9-8-17-5-2/h6-7,10,14H,4-5,8-9,11,16H2,1-3H3. The summed E-state index contributed by atoms with van der Waals surface area (Å²) in [6.07, 6.45) is 1.84. The fourth-order valence-electron chi connectivity index (χ4n) is 1.79. The van der Waals surface area contributed by atoms with Crippen LogP contribution in [0.5, 0.6) is 5.75 Å². The minimum atomic E-state index is 0.195. The van der Waals surface area contributed by atoms with E-state index in [2.05, 4.69) is 26.0 Å². The highest BCUT2D eigenvalue weighted by atomic mass is 16.5. The molecule has 2 N–H and O–H groups in total. The van der Waals surface area contributed by atoms with Gasteiger partial charge in [0.2, 0.25) is 0 Å². The number of hydrogen-bond acceptors (Lipinski definition) is 3. The lowest BCUT2D eigenvalue weighted by Crippen LogP contribution is -2.22. The average Bonchev–Trinajstić information content (AvgIpc) is 2.36. The molecule has 0 amide bonds. The van der Waals surface area contributed by atoms with Crippen molar-refractivity contribution in [3.8, 4) is 5.75 Å². The molecule has 3 heteroatoms. The molecular weight excluding hydrogens is 226 g/mol. The Bertz CT molecular complexity index is 352. The Morgan fingerprint density at radius 2 is 2.00 bits per heavy atom. The maximum atomic E-state index is 6.02. The van der Waals surface area contributed by atoms with Gasteiger partial charge in [-0.15, -0.1) is 0 Å². The number of rotatable bonds is 8. The summed E-state index contributed by atoms with van der Waals surface area (Å²) in [6.45, 7) is 8.12. The lowest BCUT2D eigenvalue weighted by atomic mass is 10.0. The highest BCUT2D eigenvalue weighted by Gasteiger charge is 2.08. The smallest absolute Gasteiger partial charge is 0.122 e. The maximum Gasteiger partial charge on any atom is 0.122 e. The molecule has 1 rings (SSSR count). The van der Waals surface area contributed by atoms with E-state index in [0.717, 1.165) is 25.2 Å². The van der Waals surface area contributed by atoms with Crippen LogP contribution in [0.4, 0.5) is 0 Å². The summed E-state index contributed by atoms with van der Waals surface area (Å²) in [7, 11) is 0. The van der Waals surface area contributed by atoms with Gasteiger partial charge < -0.3 is 15.2 Å². The number of nitrogens with two attached hydrogens (primary N) is 1. The van der Waals surface area contributed by atoms with Gasteiger partial charge in [0.25, 0.3) is 0 Å². The van der Waals surface area contributed by atoms with Crippen molar-refractivity contribution in [2.75, 3.05) is 19.8 Å². The summed E-state index contributed by atoms with van der Waals surface area (Å²) in [4.78, 5) is 0. The Kier molecular flexibility index (Phi) is 6.76. The molecule has 0 heterocycles. The largest absolute Gasteiger partial charge is 0.491 e. The maximum absolute atomic E-state index is 6.02. The van der Waals surface area contributed by atoms with Crippen molar-refractivity contribution >= 4 is 0 Å². The van der Waals surface area contributed by atoms with Crippen LogP contribution in [-0.4, -0.2) is 25.9 Å². The molecule has 3 nitrogen and oxygen atoms in total. The summed E-state index contributed by atoms with van der Waals surface area (Å²) in [6, 6.07) is 6.45. The molecule has 1 aromatic rings. The van der Waals surface area contributed by atoms with E-state index in [0.29, 0.717) is 13.2 Å². The van der Waals surface area contributed by atoms with Gasteiger partial charge in [0.15, 0.2) is 0 Å². The summed E-state index contributed by atoms with van der Waals surface area (Å²) < 4.78 is 11.0. The predicted octanol–water partition coefficient (Wildman–Crippen LogP) is 2.69. The molecular formula is C15H25NO2. The van der Waals surface area contributed by atoms with E-state index in [9.17, 15) is 0 Å². The Morgan fingerprint density at radius 1 is 1.22 bits per heavy atom. The van der Waals surface area contributed by atoms with Crippen molar-refractivity contribution in [2.24, 2.45) is 5.73 Å². The van der Waals surface area contributed by atoms with Crippen molar-refractivity contribution < 1.29 is 9.47 Å². The third-order valence-electron chi connectivity index (χ3n) is 2.91. The molecule has 0 aliphatic carbocycles. The van der Waals surface area contributed by atoms with E-state index in [1.54, 1.807) is 0 Å². The van der Waals surface area contributed by atoms with E-state index < -0.39 is 0 Å². The van der Waals surface area contributed by atoms with Gasteiger partial charge in [0.1, 0.15) is 12.4 Å². The van der Waals surface area contributed by atoms with Crippen molar-refractivity contribution in [3.05, 3.63) is 29.3 Å². The van der Waals surface area contributed by atoms with Gasteiger partial charge in [0, 0.05) is 12.6 Å². The second kappa shape index (κ2) is 8.11. The molecule has 0 radical (unpaired) electrons. The highest BCUT2D eigenvalue weighted by molar-refractivity contribution is 5.37. The van der Waals surface area contributed by atoms with E-state index in [4.69, 9.17) is 15.2 Å². The normalized spacial score (nSPS) is 12.4. The molecule has 0 saturated heterocycles. The lowest BCUT2D eigenvalue weighted by Gasteiger charge is -2.15. The van der Waals surface area contributed by atoms with Gasteiger partial charge in [-0.3, -0.25) is 0 Å². The minimum Gasteiger partial charge on any atom is -0.491 e. The first-order chi connectivity index (χ1) is 8.67. The molecule has 0 bridgehead atoms. The van der Waals surface area contributed by atoms with Crippen LogP contribution in [-0.2, 0) is 11.2 Å². The van der Waals surface area contributed by atoms with Crippen LogP contribution in [0, 0.1) is 6.92 Å². The second-order valence-electron chi connectivity index (χ2n) is 4.53. The van der Waals surface area contributed by atoms with Crippen LogP contribution in [0.2, 0.25) is 0 Å². The summed E-state index contributed by atoms with van der Waals surface area (Å²) in [5, 5.41) is 0. The number of hydrogen-bond donors (Lipinski definition) is 1. The number of aryl methyl sites for hydroxylation is 1. The molecule has 0 fully saturated rings. The highest BCUT2D eigenvalue weighted by Crippen LogP contribution is 2.21. The van der Waals surface area contributed by atoms with Crippen molar-refractivity contribution in [1.29, 1.82) is 0 Å². The van der Waals surface area contributed by atoms with Gasteiger partial charge in [-0.1, -0.05) is 24.6 Å². The predicted molar refractivity (Wildman–Crippen MR) is 75.1 cm³/mol. The Balaban J connectivity index is 2.64. The molecule has 0 aromatic heterocycles. The first kappa shape index (κ1) is 15.0. The molecule has 0 spiro atoms. The molecule has 102 valence electrons.